The first kappa shape index (κ1) is 20.5. The van der Waals surface area contributed by atoms with Crippen LogP contribution in [0.25, 0.3) is 10.9 Å². The minimum absolute atomic E-state index is 0.00736. The molecule has 0 saturated heterocycles. The number of fused-ring (bicyclic) bond motifs is 3. The third kappa shape index (κ3) is 3.82. The van der Waals surface area contributed by atoms with E-state index in [0.29, 0.717) is 12.9 Å². The number of likely N-dealkylation sites (N-methyl/N-ethyl adjacent to an activating group) is 1. The molecule has 8 nitrogen and oxygen atoms in total. The topological polar surface area (TPSA) is 106 Å². The summed E-state index contributed by atoms with van der Waals surface area (Å²) in [6.45, 7) is 3.03. The minimum atomic E-state index is -3.67. The van der Waals surface area contributed by atoms with Crippen molar-refractivity contribution < 1.29 is 27.3 Å². The van der Waals surface area contributed by atoms with Gasteiger partial charge in [0.15, 0.2) is 0 Å². The summed E-state index contributed by atoms with van der Waals surface area (Å²) in [5, 5.41) is 1.14. The molecule has 2 aliphatic heterocycles. The van der Waals surface area contributed by atoms with Gasteiger partial charge in [-0.3, -0.25) is 23.6 Å². The second kappa shape index (κ2) is 7.65. The van der Waals surface area contributed by atoms with Gasteiger partial charge in [0, 0.05) is 24.0 Å². The summed E-state index contributed by atoms with van der Waals surface area (Å²) in [4.78, 5) is 27.4. The molecule has 2 atom stereocenters. The molecular weight excluding hydrogens is 384 g/mol. The van der Waals surface area contributed by atoms with Crippen molar-refractivity contribution in [1.29, 1.82) is 0 Å². The lowest BCUT2D eigenvalue weighted by Gasteiger charge is -2.40. The highest BCUT2D eigenvalue weighted by Gasteiger charge is 2.45. The van der Waals surface area contributed by atoms with E-state index in [1.807, 2.05) is 29.8 Å². The Kier molecular flexibility index (Phi) is 5.60. The summed E-state index contributed by atoms with van der Waals surface area (Å²) in [5.74, 6) is -0.683. The predicted molar refractivity (Wildman–Crippen MR) is 104 cm³/mol. The number of hydrogen-bond acceptors (Lipinski definition) is 6. The number of benzene rings is 1. The van der Waals surface area contributed by atoms with E-state index in [1.54, 1.807) is 6.92 Å². The minimum Gasteiger partial charge on any atom is -0.466 e. The molecule has 4 rings (SSSR count). The Labute approximate surface area is 163 Å². The van der Waals surface area contributed by atoms with Crippen LogP contribution in [0.1, 0.15) is 35.4 Å². The van der Waals surface area contributed by atoms with E-state index >= 15 is 0 Å². The number of ether oxygens (including phenoxy) is 1. The van der Waals surface area contributed by atoms with Crippen molar-refractivity contribution in [2.24, 2.45) is 5.92 Å². The lowest BCUT2D eigenvalue weighted by Crippen LogP contribution is -2.45. The molecule has 9 heteroatoms. The van der Waals surface area contributed by atoms with Gasteiger partial charge in [-0.2, -0.15) is 8.42 Å². The molecule has 3 heterocycles. The molecule has 2 aromatic rings. The summed E-state index contributed by atoms with van der Waals surface area (Å²) in [6, 6.07) is 7.95. The SMILES string of the molecule is CCOC(=O)[C@H]1CC(=O)n2c3c(c4ccccc42)CCN(C)[C@H]31.CS(=O)(=O)O. The Morgan fingerprint density at radius 2 is 1.96 bits per heavy atom. The second-order valence-electron chi connectivity index (χ2n) is 7.08. The largest absolute Gasteiger partial charge is 0.466 e. The molecule has 0 amide bonds. The van der Waals surface area contributed by atoms with Crippen LogP contribution in [0.5, 0.6) is 0 Å². The van der Waals surface area contributed by atoms with Crippen molar-refractivity contribution >= 4 is 32.9 Å². The number of esters is 1. The zero-order chi connectivity index (χ0) is 20.6. The van der Waals surface area contributed by atoms with Gasteiger partial charge in [-0.05, 0) is 32.0 Å². The fraction of sp³-hybridized carbons (Fsp3) is 0.474. The van der Waals surface area contributed by atoms with Gasteiger partial charge >= 0.3 is 5.97 Å². The summed E-state index contributed by atoms with van der Waals surface area (Å²) >= 11 is 0. The molecule has 28 heavy (non-hydrogen) atoms. The smallest absolute Gasteiger partial charge is 0.311 e. The van der Waals surface area contributed by atoms with E-state index in [0.717, 1.165) is 29.6 Å². The average Bonchev–Trinajstić information content (AvgIpc) is 2.94. The van der Waals surface area contributed by atoms with Gasteiger partial charge in [0.1, 0.15) is 0 Å². The number of carbonyl (C=O) groups is 2. The molecule has 152 valence electrons. The number of carbonyl (C=O) groups excluding carboxylic acids is 2. The first-order valence-electron chi connectivity index (χ1n) is 9.08. The number of nitrogens with zero attached hydrogens (tertiary/aromatic N) is 2. The average molecular weight is 408 g/mol. The number of hydrogen-bond donors (Lipinski definition) is 1. The maximum Gasteiger partial charge on any atom is 0.311 e. The zero-order valence-corrected chi connectivity index (χ0v) is 16.9. The van der Waals surface area contributed by atoms with Crippen LogP contribution >= 0.6 is 0 Å². The molecule has 0 spiro atoms. The van der Waals surface area contributed by atoms with Crippen molar-refractivity contribution in [2.45, 2.75) is 25.8 Å². The van der Waals surface area contributed by atoms with Gasteiger partial charge in [-0.25, -0.2) is 0 Å². The Morgan fingerprint density at radius 1 is 1.32 bits per heavy atom. The number of aromatic nitrogens is 1. The fourth-order valence-corrected chi connectivity index (χ4v) is 4.16. The van der Waals surface area contributed by atoms with E-state index in [9.17, 15) is 18.0 Å². The third-order valence-electron chi connectivity index (χ3n) is 5.10. The van der Waals surface area contributed by atoms with Crippen LogP contribution in [0, 0.1) is 5.92 Å². The summed E-state index contributed by atoms with van der Waals surface area (Å²) in [7, 11) is -1.64. The van der Waals surface area contributed by atoms with Crippen LogP contribution in [-0.4, -0.2) is 60.8 Å². The summed E-state index contributed by atoms with van der Waals surface area (Å²) in [6.07, 6.45) is 1.82. The van der Waals surface area contributed by atoms with Crippen molar-refractivity contribution in [2.75, 3.05) is 26.5 Å². The van der Waals surface area contributed by atoms with Crippen LogP contribution in [0.15, 0.2) is 24.3 Å². The lowest BCUT2D eigenvalue weighted by molar-refractivity contribution is -0.151. The van der Waals surface area contributed by atoms with Gasteiger partial charge in [0.2, 0.25) is 5.91 Å². The molecule has 0 unspecified atom stereocenters. The molecule has 0 radical (unpaired) electrons. The molecule has 0 aliphatic carbocycles. The van der Waals surface area contributed by atoms with Gasteiger partial charge < -0.3 is 4.74 Å². The van der Waals surface area contributed by atoms with Crippen molar-refractivity contribution in [3.05, 3.63) is 35.5 Å². The first-order valence-corrected chi connectivity index (χ1v) is 10.9. The Morgan fingerprint density at radius 3 is 2.61 bits per heavy atom. The van der Waals surface area contributed by atoms with Crippen LogP contribution in [0.4, 0.5) is 0 Å². The molecule has 2 aliphatic rings. The van der Waals surface area contributed by atoms with E-state index in [-0.39, 0.29) is 24.3 Å². The Hall–Kier alpha value is -2.23. The van der Waals surface area contributed by atoms with Crippen molar-refractivity contribution in [3.63, 3.8) is 0 Å². The molecule has 0 bridgehead atoms. The van der Waals surface area contributed by atoms with Gasteiger partial charge in [-0.1, -0.05) is 18.2 Å². The number of rotatable bonds is 2. The van der Waals surface area contributed by atoms with Gasteiger partial charge in [0.25, 0.3) is 10.1 Å². The van der Waals surface area contributed by atoms with Crippen LogP contribution in [-0.2, 0) is 26.1 Å². The predicted octanol–water partition coefficient (Wildman–Crippen LogP) is 1.90. The van der Waals surface area contributed by atoms with Crippen molar-refractivity contribution in [1.82, 2.24) is 9.47 Å². The maximum absolute atomic E-state index is 12.8. The van der Waals surface area contributed by atoms with Gasteiger partial charge in [0.05, 0.1) is 30.3 Å². The normalized spacial score (nSPS) is 21.6. The molecule has 1 aromatic carbocycles. The first-order chi connectivity index (χ1) is 13.1. The quantitative estimate of drug-likeness (QED) is 0.597. The summed E-state index contributed by atoms with van der Waals surface area (Å²) in [5.41, 5.74) is 3.17. The fourth-order valence-electron chi connectivity index (χ4n) is 4.16. The van der Waals surface area contributed by atoms with Gasteiger partial charge in [-0.15, -0.1) is 0 Å². The second-order valence-corrected chi connectivity index (χ2v) is 8.55. The zero-order valence-electron chi connectivity index (χ0n) is 16.1. The molecule has 0 saturated carbocycles. The summed E-state index contributed by atoms with van der Waals surface area (Å²) < 4.78 is 32.9. The molecule has 0 fully saturated rings. The monoisotopic (exact) mass is 408 g/mol. The van der Waals surface area contributed by atoms with E-state index < -0.39 is 16.0 Å². The molecule has 1 N–H and O–H groups in total. The Bertz CT molecular complexity index is 1020. The third-order valence-corrected chi connectivity index (χ3v) is 5.10. The Balaban J connectivity index is 0.000000403. The molecular formula is C19H24N2O6S. The van der Waals surface area contributed by atoms with Crippen LogP contribution in [0.3, 0.4) is 0 Å². The molecule has 1 aromatic heterocycles. The van der Waals surface area contributed by atoms with Crippen molar-refractivity contribution in [3.8, 4) is 0 Å². The maximum atomic E-state index is 12.8. The van der Waals surface area contributed by atoms with E-state index in [2.05, 4.69) is 11.0 Å². The van der Waals surface area contributed by atoms with Crippen LogP contribution in [0.2, 0.25) is 0 Å². The standard InChI is InChI=1S/C18H20N2O3.CH4O3S/c1-3-23-18(22)13-10-15(21)20-14-7-5-4-6-11(14)12-8-9-19(2)16(13)17(12)20;1-5(2,3)4/h4-7,13,16H,3,8-10H2,1-2H3;1H3,(H,2,3,4)/t13-,16-;/m0./s1. The highest BCUT2D eigenvalue weighted by Crippen LogP contribution is 2.44. The van der Waals surface area contributed by atoms with E-state index in [1.165, 1.54) is 5.56 Å². The highest BCUT2D eigenvalue weighted by atomic mass is 32.2. The van der Waals surface area contributed by atoms with Crippen LogP contribution < -0.4 is 0 Å². The number of para-hydroxylation sites is 1. The lowest BCUT2D eigenvalue weighted by atomic mass is 9.84. The highest BCUT2D eigenvalue weighted by molar-refractivity contribution is 7.85. The van der Waals surface area contributed by atoms with E-state index in [4.69, 9.17) is 9.29 Å².